The van der Waals surface area contributed by atoms with Gasteiger partial charge in [-0.25, -0.2) is 9.37 Å². The molecule has 4 heterocycles. The molecule has 5 rings (SSSR count). The average Bonchev–Trinajstić information content (AvgIpc) is 3.46. The number of ketones is 1. The fourth-order valence-electron chi connectivity index (χ4n) is 4.80. The number of nitro groups is 1. The number of piperidine rings is 1. The number of aromatic nitrogens is 5. The summed E-state index contributed by atoms with van der Waals surface area (Å²) < 4.78 is 15.4. The number of hydrogen-bond acceptors (Lipinski definition) is 7. The SMILES string of the molecule is CC1CC(C(=O)c2cn(C)c3nc(-n4nccn4)c(Cl)cc23)CCN1c1ccc(F)cc1[N+](=O)[O-]. The number of carbonyl (C=O) groups excluding carboxylic acids is 1. The van der Waals surface area contributed by atoms with Crippen LogP contribution in [0.2, 0.25) is 5.02 Å². The van der Waals surface area contributed by atoms with Crippen molar-refractivity contribution in [3.05, 3.63) is 69.4 Å². The Balaban J connectivity index is 1.42. The van der Waals surface area contributed by atoms with E-state index in [1.165, 1.54) is 29.3 Å². The number of pyridine rings is 1. The molecule has 0 aliphatic carbocycles. The first-order chi connectivity index (χ1) is 16.7. The Kier molecular flexibility index (Phi) is 5.72. The van der Waals surface area contributed by atoms with Gasteiger partial charge in [0.2, 0.25) is 0 Å². The third kappa shape index (κ3) is 4.01. The van der Waals surface area contributed by atoms with Crippen LogP contribution in [-0.2, 0) is 7.05 Å². The van der Waals surface area contributed by atoms with E-state index in [9.17, 15) is 19.3 Å². The first kappa shape index (κ1) is 22.9. The summed E-state index contributed by atoms with van der Waals surface area (Å²) >= 11 is 6.46. The van der Waals surface area contributed by atoms with E-state index in [1.807, 2.05) is 11.8 Å². The van der Waals surface area contributed by atoms with Gasteiger partial charge in [-0.2, -0.15) is 10.2 Å². The summed E-state index contributed by atoms with van der Waals surface area (Å²) in [4.78, 5) is 32.2. The van der Waals surface area contributed by atoms with Crippen LogP contribution in [0.1, 0.15) is 30.1 Å². The van der Waals surface area contributed by atoms with E-state index in [-0.39, 0.29) is 23.4 Å². The zero-order valence-corrected chi connectivity index (χ0v) is 19.7. The highest BCUT2D eigenvalue weighted by Gasteiger charge is 2.34. The zero-order chi connectivity index (χ0) is 24.9. The lowest BCUT2D eigenvalue weighted by atomic mass is 9.85. The number of Topliss-reactive ketones (excluding diaryl/α,β-unsaturated/α-hetero) is 1. The maximum atomic E-state index is 13.6. The smallest absolute Gasteiger partial charge is 0.295 e. The summed E-state index contributed by atoms with van der Waals surface area (Å²) in [7, 11) is 1.80. The van der Waals surface area contributed by atoms with Gasteiger partial charge < -0.3 is 9.47 Å². The lowest BCUT2D eigenvalue weighted by Crippen LogP contribution is -2.43. The van der Waals surface area contributed by atoms with Crippen molar-refractivity contribution >= 4 is 39.8 Å². The normalized spacial score (nSPS) is 18.2. The largest absolute Gasteiger partial charge is 0.363 e. The fourth-order valence-corrected chi connectivity index (χ4v) is 5.02. The van der Waals surface area contributed by atoms with Crippen LogP contribution in [0.4, 0.5) is 15.8 Å². The Morgan fingerprint density at radius 3 is 2.69 bits per heavy atom. The highest BCUT2D eigenvalue weighted by atomic mass is 35.5. The summed E-state index contributed by atoms with van der Waals surface area (Å²) in [5.41, 5.74) is 1.18. The van der Waals surface area contributed by atoms with E-state index >= 15 is 0 Å². The number of aryl methyl sites for hydroxylation is 1. The van der Waals surface area contributed by atoms with Crippen molar-refractivity contribution in [3.8, 4) is 5.82 Å². The second-order valence-electron chi connectivity index (χ2n) is 8.66. The van der Waals surface area contributed by atoms with Crippen molar-refractivity contribution in [1.82, 2.24) is 24.5 Å². The number of rotatable bonds is 5. The quantitative estimate of drug-likeness (QED) is 0.229. The number of nitro benzene ring substituents is 1. The van der Waals surface area contributed by atoms with E-state index in [2.05, 4.69) is 15.2 Å². The van der Waals surface area contributed by atoms with Crippen molar-refractivity contribution in [2.24, 2.45) is 13.0 Å². The van der Waals surface area contributed by atoms with Crippen LogP contribution < -0.4 is 4.90 Å². The Bertz CT molecular complexity index is 1450. The van der Waals surface area contributed by atoms with Gasteiger partial charge in [0.25, 0.3) is 5.69 Å². The van der Waals surface area contributed by atoms with E-state index in [0.717, 1.165) is 6.07 Å². The Morgan fingerprint density at radius 2 is 2.00 bits per heavy atom. The van der Waals surface area contributed by atoms with Crippen molar-refractivity contribution < 1.29 is 14.1 Å². The first-order valence-corrected chi connectivity index (χ1v) is 11.4. The molecule has 1 saturated heterocycles. The van der Waals surface area contributed by atoms with Gasteiger partial charge in [0.05, 0.1) is 28.4 Å². The van der Waals surface area contributed by atoms with Crippen molar-refractivity contribution in [3.63, 3.8) is 0 Å². The van der Waals surface area contributed by atoms with Gasteiger partial charge in [0.15, 0.2) is 11.6 Å². The third-order valence-corrected chi connectivity index (χ3v) is 6.73. The first-order valence-electron chi connectivity index (χ1n) is 11.0. The third-order valence-electron chi connectivity index (χ3n) is 6.45. The van der Waals surface area contributed by atoms with Crippen molar-refractivity contribution in [1.29, 1.82) is 0 Å². The van der Waals surface area contributed by atoms with Gasteiger partial charge in [0, 0.05) is 42.7 Å². The Hall–Kier alpha value is -3.86. The molecular formula is C23H21ClFN7O3. The number of fused-ring (bicyclic) bond motifs is 1. The molecule has 0 saturated carbocycles. The molecular weight excluding hydrogens is 477 g/mol. The molecule has 10 nitrogen and oxygen atoms in total. The second-order valence-corrected chi connectivity index (χ2v) is 9.06. The minimum absolute atomic E-state index is 0.0291. The molecule has 1 aromatic carbocycles. The molecule has 35 heavy (non-hydrogen) atoms. The van der Waals surface area contributed by atoms with Crippen LogP contribution in [0.3, 0.4) is 0 Å². The maximum absolute atomic E-state index is 13.6. The van der Waals surface area contributed by atoms with Gasteiger partial charge >= 0.3 is 0 Å². The van der Waals surface area contributed by atoms with Crippen LogP contribution in [0, 0.1) is 21.8 Å². The predicted octanol–water partition coefficient (Wildman–Crippen LogP) is 4.34. The van der Waals surface area contributed by atoms with Gasteiger partial charge in [-0.1, -0.05) is 11.6 Å². The molecule has 3 aromatic heterocycles. The average molecular weight is 498 g/mol. The van der Waals surface area contributed by atoms with Gasteiger partial charge in [-0.3, -0.25) is 14.9 Å². The topological polar surface area (TPSA) is 112 Å². The second kappa shape index (κ2) is 8.73. The molecule has 4 aromatic rings. The highest BCUT2D eigenvalue weighted by Crippen LogP contribution is 2.37. The molecule has 1 fully saturated rings. The highest BCUT2D eigenvalue weighted by molar-refractivity contribution is 6.33. The van der Waals surface area contributed by atoms with Crippen LogP contribution in [0.15, 0.2) is 42.9 Å². The lowest BCUT2D eigenvalue weighted by Gasteiger charge is -2.38. The summed E-state index contributed by atoms with van der Waals surface area (Å²) in [5, 5.41) is 20.6. The Labute approximate surface area is 204 Å². The molecule has 2 atom stereocenters. The van der Waals surface area contributed by atoms with Crippen LogP contribution >= 0.6 is 11.6 Å². The summed E-state index contributed by atoms with van der Waals surface area (Å²) in [6.07, 6.45) is 5.80. The van der Waals surface area contributed by atoms with Gasteiger partial charge in [0.1, 0.15) is 17.2 Å². The van der Waals surface area contributed by atoms with Crippen LogP contribution in [0.5, 0.6) is 0 Å². The lowest BCUT2D eigenvalue weighted by molar-refractivity contribution is -0.384. The molecule has 0 amide bonds. The van der Waals surface area contributed by atoms with Crippen molar-refractivity contribution in [2.75, 3.05) is 11.4 Å². The minimum atomic E-state index is -0.659. The van der Waals surface area contributed by atoms with E-state index < -0.39 is 10.7 Å². The molecule has 0 N–H and O–H groups in total. The molecule has 0 spiro atoms. The molecule has 1 aliphatic heterocycles. The van der Waals surface area contributed by atoms with Crippen LogP contribution in [0.25, 0.3) is 16.9 Å². The number of carbonyl (C=O) groups is 1. The monoisotopic (exact) mass is 497 g/mol. The molecule has 12 heteroatoms. The summed E-state index contributed by atoms with van der Waals surface area (Å²) in [5.74, 6) is -0.601. The number of halogens is 2. The van der Waals surface area contributed by atoms with Crippen molar-refractivity contribution in [2.45, 2.75) is 25.8 Å². The van der Waals surface area contributed by atoms with E-state index in [4.69, 9.17) is 11.6 Å². The number of benzene rings is 1. The summed E-state index contributed by atoms with van der Waals surface area (Å²) in [6.45, 7) is 2.35. The molecule has 0 bridgehead atoms. The molecule has 180 valence electrons. The zero-order valence-electron chi connectivity index (χ0n) is 18.9. The number of hydrogen-bond donors (Lipinski definition) is 0. The minimum Gasteiger partial charge on any atom is -0.363 e. The van der Waals surface area contributed by atoms with Gasteiger partial charge in [-0.15, -0.1) is 4.80 Å². The molecule has 0 radical (unpaired) electrons. The predicted molar refractivity (Wildman–Crippen MR) is 128 cm³/mol. The van der Waals surface area contributed by atoms with E-state index in [0.29, 0.717) is 52.5 Å². The summed E-state index contributed by atoms with van der Waals surface area (Å²) in [6, 6.07) is 5.12. The van der Waals surface area contributed by atoms with Crippen LogP contribution in [-0.4, -0.2) is 47.8 Å². The Morgan fingerprint density at radius 1 is 1.26 bits per heavy atom. The van der Waals surface area contributed by atoms with Gasteiger partial charge in [-0.05, 0) is 38.0 Å². The maximum Gasteiger partial charge on any atom is 0.295 e. The standard InChI is InChI=1S/C23H21ClFN7O3/c1-13-9-14(5-8-30(13)19-4-3-15(25)10-20(19)32(34)35)21(33)17-12-29(2)22-16(17)11-18(24)23(28-22)31-26-6-7-27-31/h3-4,6-7,10-14H,5,8-9H2,1-2H3. The molecule has 1 aliphatic rings. The van der Waals surface area contributed by atoms with E-state index in [1.54, 1.807) is 23.9 Å². The molecule has 2 unspecified atom stereocenters. The number of nitrogens with zero attached hydrogens (tertiary/aromatic N) is 7. The number of anilines is 1. The fraction of sp³-hybridized carbons (Fsp3) is 0.304.